The first-order valence-electron chi connectivity index (χ1n) is 6.17. The maximum absolute atomic E-state index is 12.7. The first-order chi connectivity index (χ1) is 10.3. The summed E-state index contributed by atoms with van der Waals surface area (Å²) in [5.74, 6) is -0.505. The summed E-state index contributed by atoms with van der Waals surface area (Å²) in [6, 6.07) is 9.46. The number of alkyl halides is 3. The lowest BCUT2D eigenvalue weighted by atomic mass is 10.1. The Morgan fingerprint density at radius 2 is 1.73 bits per heavy atom. The number of anilines is 1. The van der Waals surface area contributed by atoms with Gasteiger partial charge in [-0.1, -0.05) is 41.4 Å². The van der Waals surface area contributed by atoms with Gasteiger partial charge < -0.3 is 5.32 Å². The van der Waals surface area contributed by atoms with E-state index >= 15 is 0 Å². The van der Waals surface area contributed by atoms with Gasteiger partial charge >= 0.3 is 6.18 Å². The monoisotopic (exact) mass is 347 g/mol. The Bertz CT molecular complexity index is 701. The van der Waals surface area contributed by atoms with E-state index in [1.165, 1.54) is 0 Å². The van der Waals surface area contributed by atoms with Crippen molar-refractivity contribution in [2.24, 2.45) is 0 Å². The molecule has 0 aliphatic heterocycles. The molecular formula is C15H10Cl2F3NO. The maximum atomic E-state index is 12.7. The molecule has 0 bridgehead atoms. The second-order valence-corrected chi connectivity index (χ2v) is 5.32. The van der Waals surface area contributed by atoms with E-state index in [9.17, 15) is 18.0 Å². The van der Waals surface area contributed by atoms with Crippen LogP contribution in [0.1, 0.15) is 11.1 Å². The number of carbonyl (C=O) groups is 1. The Morgan fingerprint density at radius 3 is 2.36 bits per heavy atom. The lowest BCUT2D eigenvalue weighted by Gasteiger charge is -2.12. The lowest BCUT2D eigenvalue weighted by molar-refractivity contribution is -0.137. The molecule has 0 fully saturated rings. The Balaban J connectivity index is 2.17. The molecule has 0 aliphatic carbocycles. The third kappa shape index (κ3) is 4.15. The van der Waals surface area contributed by atoms with E-state index in [0.29, 0.717) is 10.6 Å². The summed E-state index contributed by atoms with van der Waals surface area (Å²) < 4.78 is 38.0. The number of carbonyl (C=O) groups excluding carboxylic acids is 1. The predicted molar refractivity (Wildman–Crippen MR) is 80.2 cm³/mol. The lowest BCUT2D eigenvalue weighted by Crippen LogP contribution is -2.16. The van der Waals surface area contributed by atoms with Crippen molar-refractivity contribution in [3.63, 3.8) is 0 Å². The van der Waals surface area contributed by atoms with Gasteiger partial charge in [0.2, 0.25) is 5.91 Å². The van der Waals surface area contributed by atoms with Crippen LogP contribution in [0.2, 0.25) is 10.0 Å². The summed E-state index contributed by atoms with van der Waals surface area (Å²) in [6.07, 6.45) is -4.57. The van der Waals surface area contributed by atoms with Crippen LogP contribution in [0.4, 0.5) is 18.9 Å². The van der Waals surface area contributed by atoms with Gasteiger partial charge in [-0.2, -0.15) is 13.2 Å². The summed E-state index contributed by atoms with van der Waals surface area (Å²) in [4.78, 5) is 11.9. The Labute approximate surface area is 134 Å². The maximum Gasteiger partial charge on any atom is 0.416 e. The molecule has 2 nitrogen and oxygen atoms in total. The smallest absolute Gasteiger partial charge is 0.324 e. The van der Waals surface area contributed by atoms with Crippen molar-refractivity contribution in [1.82, 2.24) is 0 Å². The Hall–Kier alpha value is -1.72. The van der Waals surface area contributed by atoms with Crippen molar-refractivity contribution in [2.75, 3.05) is 5.32 Å². The highest BCUT2D eigenvalue weighted by atomic mass is 35.5. The molecule has 0 saturated carbocycles. The van der Waals surface area contributed by atoms with Gasteiger partial charge in [-0.25, -0.2) is 0 Å². The van der Waals surface area contributed by atoms with Crippen molar-refractivity contribution in [2.45, 2.75) is 12.6 Å². The van der Waals surface area contributed by atoms with Crippen molar-refractivity contribution >= 4 is 34.8 Å². The third-order valence-corrected chi connectivity index (χ3v) is 3.57. The van der Waals surface area contributed by atoms with E-state index in [4.69, 9.17) is 23.2 Å². The molecule has 0 radical (unpaired) electrons. The van der Waals surface area contributed by atoms with Crippen LogP contribution in [-0.4, -0.2) is 5.91 Å². The van der Waals surface area contributed by atoms with Crippen LogP contribution < -0.4 is 5.32 Å². The van der Waals surface area contributed by atoms with Crippen LogP contribution in [0.25, 0.3) is 0 Å². The molecular weight excluding hydrogens is 338 g/mol. The van der Waals surface area contributed by atoms with E-state index in [-0.39, 0.29) is 17.1 Å². The molecule has 1 N–H and O–H groups in total. The minimum absolute atomic E-state index is 0.0282. The number of amides is 1. The zero-order valence-corrected chi connectivity index (χ0v) is 12.6. The van der Waals surface area contributed by atoms with Crippen molar-refractivity contribution in [1.29, 1.82) is 0 Å². The molecule has 2 aromatic rings. The van der Waals surface area contributed by atoms with Gasteiger partial charge in [0.05, 0.1) is 22.7 Å². The van der Waals surface area contributed by atoms with E-state index in [1.807, 2.05) is 0 Å². The molecule has 0 aliphatic rings. The minimum atomic E-state index is -4.51. The number of benzene rings is 2. The number of nitrogens with one attached hydrogen (secondary N) is 1. The normalized spacial score (nSPS) is 11.3. The molecule has 0 atom stereocenters. The molecule has 0 unspecified atom stereocenters. The van der Waals surface area contributed by atoms with E-state index in [0.717, 1.165) is 18.2 Å². The zero-order chi connectivity index (χ0) is 16.3. The second-order valence-electron chi connectivity index (χ2n) is 4.51. The van der Waals surface area contributed by atoms with Gasteiger partial charge in [-0.15, -0.1) is 0 Å². The second kappa shape index (κ2) is 6.58. The van der Waals surface area contributed by atoms with Crippen molar-refractivity contribution in [3.05, 3.63) is 63.6 Å². The van der Waals surface area contributed by atoms with Crippen LogP contribution in [0, 0.1) is 0 Å². The van der Waals surface area contributed by atoms with Crippen LogP contribution >= 0.6 is 23.2 Å². The predicted octanol–water partition coefficient (Wildman–Crippen LogP) is 5.19. The van der Waals surface area contributed by atoms with Gasteiger partial charge in [-0.3, -0.25) is 4.79 Å². The summed E-state index contributed by atoms with van der Waals surface area (Å²) in [5, 5.41) is 2.81. The van der Waals surface area contributed by atoms with Gasteiger partial charge in [0.1, 0.15) is 0 Å². The van der Waals surface area contributed by atoms with Crippen LogP contribution in [0.15, 0.2) is 42.5 Å². The highest BCUT2D eigenvalue weighted by Crippen LogP contribution is 2.33. The van der Waals surface area contributed by atoms with Gasteiger partial charge in [0, 0.05) is 5.02 Å². The number of halogens is 5. The van der Waals surface area contributed by atoms with Crippen LogP contribution in [0.5, 0.6) is 0 Å². The van der Waals surface area contributed by atoms with E-state index in [1.54, 1.807) is 24.3 Å². The summed E-state index contributed by atoms with van der Waals surface area (Å²) >= 11 is 11.7. The first-order valence-corrected chi connectivity index (χ1v) is 6.93. The van der Waals surface area contributed by atoms with E-state index < -0.39 is 17.6 Å². The molecule has 116 valence electrons. The zero-order valence-electron chi connectivity index (χ0n) is 11.0. The summed E-state index contributed by atoms with van der Waals surface area (Å²) in [7, 11) is 0. The average molecular weight is 348 g/mol. The average Bonchev–Trinajstić information content (AvgIpc) is 2.42. The fraction of sp³-hybridized carbons (Fsp3) is 0.133. The number of rotatable bonds is 3. The fourth-order valence-electron chi connectivity index (χ4n) is 1.81. The molecule has 7 heteroatoms. The standard InChI is InChI=1S/C15H10Cl2F3NO/c16-11-4-2-1-3-9(11)7-14(22)21-13-8-10(15(18,19)20)5-6-12(13)17/h1-6,8H,7H2,(H,21,22). The van der Waals surface area contributed by atoms with Gasteiger partial charge in [0.15, 0.2) is 0 Å². The SMILES string of the molecule is O=C(Cc1ccccc1Cl)Nc1cc(C(F)(F)F)ccc1Cl. The highest BCUT2D eigenvalue weighted by molar-refractivity contribution is 6.34. The topological polar surface area (TPSA) is 29.1 Å². The van der Waals surface area contributed by atoms with Gasteiger partial charge in [-0.05, 0) is 29.8 Å². The molecule has 0 spiro atoms. The van der Waals surface area contributed by atoms with Crippen molar-refractivity contribution in [3.8, 4) is 0 Å². The Morgan fingerprint density at radius 1 is 1.05 bits per heavy atom. The molecule has 2 rings (SSSR count). The summed E-state index contributed by atoms with van der Waals surface area (Å²) in [5.41, 5.74) is -0.400. The minimum Gasteiger partial charge on any atom is -0.324 e. The molecule has 0 saturated heterocycles. The molecule has 0 heterocycles. The molecule has 2 aromatic carbocycles. The molecule has 22 heavy (non-hydrogen) atoms. The van der Waals surface area contributed by atoms with Crippen LogP contribution in [-0.2, 0) is 17.4 Å². The highest BCUT2D eigenvalue weighted by Gasteiger charge is 2.31. The summed E-state index contributed by atoms with van der Waals surface area (Å²) in [6.45, 7) is 0. The third-order valence-electron chi connectivity index (χ3n) is 2.88. The largest absolute Gasteiger partial charge is 0.416 e. The van der Waals surface area contributed by atoms with Crippen LogP contribution in [0.3, 0.4) is 0 Å². The number of hydrogen-bond acceptors (Lipinski definition) is 1. The quantitative estimate of drug-likeness (QED) is 0.812. The number of hydrogen-bond donors (Lipinski definition) is 1. The van der Waals surface area contributed by atoms with E-state index in [2.05, 4.69) is 5.32 Å². The first kappa shape index (κ1) is 16.6. The van der Waals surface area contributed by atoms with Gasteiger partial charge in [0.25, 0.3) is 0 Å². The molecule has 0 aromatic heterocycles. The Kier molecular flexibility index (Phi) is 4.98. The van der Waals surface area contributed by atoms with Crippen molar-refractivity contribution < 1.29 is 18.0 Å². The fourth-order valence-corrected chi connectivity index (χ4v) is 2.17. The molecule has 1 amide bonds.